The highest BCUT2D eigenvalue weighted by Gasteiger charge is 2.26. The molecule has 116 valence electrons. The van der Waals surface area contributed by atoms with Gasteiger partial charge in [0.2, 0.25) is 0 Å². The van der Waals surface area contributed by atoms with Crippen LogP contribution in [0.1, 0.15) is 39.0 Å². The summed E-state index contributed by atoms with van der Waals surface area (Å²) in [6.07, 6.45) is 0.703. The number of ether oxygens (including phenoxy) is 2. The van der Waals surface area contributed by atoms with Crippen molar-refractivity contribution in [1.82, 2.24) is 5.32 Å². The molecule has 0 spiro atoms. The van der Waals surface area contributed by atoms with E-state index in [0.29, 0.717) is 13.2 Å². The molecule has 1 aromatic heterocycles. The zero-order valence-electron chi connectivity index (χ0n) is 13.1. The molecule has 0 radical (unpaired) electrons. The fourth-order valence-electron chi connectivity index (χ4n) is 2.36. The Morgan fingerprint density at radius 3 is 2.43 bits per heavy atom. The molecule has 1 heterocycles. The first-order valence-corrected chi connectivity index (χ1v) is 7.75. The Morgan fingerprint density at radius 2 is 1.81 bits per heavy atom. The van der Waals surface area contributed by atoms with Crippen molar-refractivity contribution in [2.75, 3.05) is 19.8 Å². The number of para-hydroxylation sites is 1. The summed E-state index contributed by atoms with van der Waals surface area (Å²) in [5, 5.41) is 4.57. The first kappa shape index (κ1) is 16.0. The summed E-state index contributed by atoms with van der Waals surface area (Å²) >= 11 is 0. The lowest BCUT2D eigenvalue weighted by Gasteiger charge is -2.26. The molecular weight excluding hydrogens is 266 g/mol. The molecule has 2 aromatic rings. The molecule has 21 heavy (non-hydrogen) atoms. The van der Waals surface area contributed by atoms with Crippen LogP contribution in [0.2, 0.25) is 0 Å². The molecule has 2 rings (SSSR count). The third-order valence-corrected chi connectivity index (χ3v) is 3.30. The highest BCUT2D eigenvalue weighted by molar-refractivity contribution is 5.77. The van der Waals surface area contributed by atoms with Crippen LogP contribution in [0.3, 0.4) is 0 Å². The van der Waals surface area contributed by atoms with Crippen molar-refractivity contribution in [2.45, 2.75) is 39.5 Å². The molecule has 0 fully saturated rings. The second kappa shape index (κ2) is 8.17. The molecule has 0 saturated heterocycles. The molecule has 1 unspecified atom stereocenters. The summed E-state index contributed by atoms with van der Waals surface area (Å²) in [5.74, 6) is 0.858. The van der Waals surface area contributed by atoms with E-state index >= 15 is 0 Å². The van der Waals surface area contributed by atoms with Crippen molar-refractivity contribution in [1.29, 1.82) is 0 Å². The van der Waals surface area contributed by atoms with Crippen molar-refractivity contribution in [3.63, 3.8) is 0 Å². The highest BCUT2D eigenvalue weighted by atomic mass is 16.7. The largest absolute Gasteiger partial charge is 0.459 e. The van der Waals surface area contributed by atoms with Crippen molar-refractivity contribution in [3.05, 3.63) is 36.1 Å². The predicted molar refractivity (Wildman–Crippen MR) is 84.3 cm³/mol. The average Bonchev–Trinajstić information content (AvgIpc) is 2.91. The fraction of sp³-hybridized carbons (Fsp3) is 0.529. The number of hydrogen-bond donors (Lipinski definition) is 1. The van der Waals surface area contributed by atoms with Gasteiger partial charge in [-0.2, -0.15) is 0 Å². The third kappa shape index (κ3) is 4.06. The zero-order valence-corrected chi connectivity index (χ0v) is 13.1. The van der Waals surface area contributed by atoms with Gasteiger partial charge >= 0.3 is 0 Å². The Kier molecular flexibility index (Phi) is 6.23. The van der Waals surface area contributed by atoms with Crippen LogP contribution in [0.25, 0.3) is 11.0 Å². The van der Waals surface area contributed by atoms with Crippen LogP contribution < -0.4 is 5.32 Å². The maximum Gasteiger partial charge on any atom is 0.179 e. The zero-order chi connectivity index (χ0) is 15.1. The van der Waals surface area contributed by atoms with E-state index in [-0.39, 0.29) is 12.3 Å². The Morgan fingerprint density at radius 1 is 1.10 bits per heavy atom. The van der Waals surface area contributed by atoms with Gasteiger partial charge in [0, 0.05) is 18.6 Å². The van der Waals surface area contributed by atoms with E-state index in [0.717, 1.165) is 29.7 Å². The number of benzene rings is 1. The minimum absolute atomic E-state index is 0.0998. The molecule has 0 aliphatic carbocycles. The molecular formula is C17H25NO3. The van der Waals surface area contributed by atoms with Crippen LogP contribution in [0.5, 0.6) is 0 Å². The molecule has 4 nitrogen and oxygen atoms in total. The predicted octanol–water partition coefficient (Wildman–Crippen LogP) is 3.87. The van der Waals surface area contributed by atoms with Crippen molar-refractivity contribution < 1.29 is 13.9 Å². The lowest BCUT2D eigenvalue weighted by molar-refractivity contribution is -0.157. The van der Waals surface area contributed by atoms with E-state index in [4.69, 9.17) is 13.9 Å². The third-order valence-electron chi connectivity index (χ3n) is 3.30. The van der Waals surface area contributed by atoms with Gasteiger partial charge in [0.1, 0.15) is 17.4 Å². The van der Waals surface area contributed by atoms with E-state index < -0.39 is 0 Å². The summed E-state index contributed by atoms with van der Waals surface area (Å²) in [5.41, 5.74) is 0.891. The van der Waals surface area contributed by atoms with Crippen LogP contribution in [0, 0.1) is 0 Å². The fourth-order valence-corrected chi connectivity index (χ4v) is 2.36. The summed E-state index contributed by atoms with van der Waals surface area (Å²) in [4.78, 5) is 0. The van der Waals surface area contributed by atoms with Gasteiger partial charge in [-0.1, -0.05) is 25.1 Å². The van der Waals surface area contributed by atoms with Gasteiger partial charge in [-0.25, -0.2) is 0 Å². The number of fused-ring (bicyclic) bond motifs is 1. The molecule has 0 aliphatic rings. The van der Waals surface area contributed by atoms with Crippen molar-refractivity contribution in [3.8, 4) is 0 Å². The molecule has 0 saturated carbocycles. The Balaban J connectivity index is 2.28. The molecule has 0 aliphatic heterocycles. The number of furan rings is 1. The van der Waals surface area contributed by atoms with Gasteiger partial charge in [0.05, 0.1) is 0 Å². The van der Waals surface area contributed by atoms with Crippen LogP contribution in [0.15, 0.2) is 34.7 Å². The number of rotatable bonds is 9. The van der Waals surface area contributed by atoms with E-state index in [1.54, 1.807) is 0 Å². The van der Waals surface area contributed by atoms with E-state index in [1.165, 1.54) is 0 Å². The van der Waals surface area contributed by atoms with Gasteiger partial charge in [-0.05, 0) is 38.9 Å². The monoisotopic (exact) mass is 291 g/mol. The summed E-state index contributed by atoms with van der Waals surface area (Å²) in [7, 11) is 0. The van der Waals surface area contributed by atoms with Gasteiger partial charge in [0.15, 0.2) is 6.29 Å². The smallest absolute Gasteiger partial charge is 0.179 e. The van der Waals surface area contributed by atoms with E-state index in [1.807, 2.05) is 32.0 Å². The second-order valence-electron chi connectivity index (χ2n) is 4.90. The molecule has 4 heteroatoms. The summed E-state index contributed by atoms with van der Waals surface area (Å²) in [6, 6.07) is 9.98. The van der Waals surface area contributed by atoms with Crippen LogP contribution in [0.4, 0.5) is 0 Å². The summed E-state index contributed by atoms with van der Waals surface area (Å²) in [6.45, 7) is 8.19. The Hall–Kier alpha value is -1.36. The Bertz CT molecular complexity index is 499. The molecule has 1 N–H and O–H groups in total. The van der Waals surface area contributed by atoms with E-state index in [9.17, 15) is 0 Å². The maximum atomic E-state index is 5.98. The number of hydrogen-bond acceptors (Lipinski definition) is 4. The van der Waals surface area contributed by atoms with Crippen LogP contribution in [-0.2, 0) is 9.47 Å². The quantitative estimate of drug-likeness (QED) is 0.712. The minimum atomic E-state index is -0.341. The van der Waals surface area contributed by atoms with Gasteiger partial charge < -0.3 is 19.2 Å². The SMILES string of the molecule is CCCNC(c1cc2ccccc2o1)C(OCC)OCC. The second-order valence-corrected chi connectivity index (χ2v) is 4.90. The average molecular weight is 291 g/mol. The first-order chi connectivity index (χ1) is 10.3. The van der Waals surface area contributed by atoms with Crippen LogP contribution >= 0.6 is 0 Å². The van der Waals surface area contributed by atoms with Crippen molar-refractivity contribution in [2.24, 2.45) is 0 Å². The van der Waals surface area contributed by atoms with E-state index in [2.05, 4.69) is 24.4 Å². The molecule has 0 bridgehead atoms. The minimum Gasteiger partial charge on any atom is -0.459 e. The Labute approximate surface area is 126 Å². The topological polar surface area (TPSA) is 43.6 Å². The van der Waals surface area contributed by atoms with Crippen molar-refractivity contribution >= 4 is 11.0 Å². The standard InChI is InChI=1S/C17H25NO3/c1-4-11-18-16(17(19-5-2)20-6-3)15-12-13-9-7-8-10-14(13)21-15/h7-10,12,16-18H,4-6,11H2,1-3H3. The molecule has 1 aromatic carbocycles. The van der Waals surface area contributed by atoms with Gasteiger partial charge in [-0.3, -0.25) is 0 Å². The normalized spacial score (nSPS) is 13.1. The maximum absolute atomic E-state index is 5.98. The summed E-state index contributed by atoms with van der Waals surface area (Å²) < 4.78 is 17.5. The lowest BCUT2D eigenvalue weighted by atomic mass is 10.2. The van der Waals surface area contributed by atoms with Gasteiger partial charge in [0.25, 0.3) is 0 Å². The van der Waals surface area contributed by atoms with Crippen LogP contribution in [-0.4, -0.2) is 26.0 Å². The van der Waals surface area contributed by atoms with Gasteiger partial charge in [-0.15, -0.1) is 0 Å². The lowest BCUT2D eigenvalue weighted by Crippen LogP contribution is -2.36. The molecule has 1 atom stereocenters. The number of nitrogens with one attached hydrogen (secondary N) is 1. The molecule has 0 amide bonds. The first-order valence-electron chi connectivity index (χ1n) is 7.75. The highest BCUT2D eigenvalue weighted by Crippen LogP contribution is 2.27.